The fraction of sp³-hybridized carbons (Fsp3) is 0. The molecule has 2 aromatic rings. The Balaban J connectivity index is 0.000000212. The summed E-state index contributed by atoms with van der Waals surface area (Å²) in [6, 6.07) is 4.16. The third-order valence-corrected chi connectivity index (χ3v) is 2.25. The predicted octanol–water partition coefficient (Wildman–Crippen LogP) is 3.37. The Bertz CT molecular complexity index is 440. The molecule has 1 aromatic heterocycles. The van der Waals surface area contributed by atoms with Crippen LogP contribution in [0.3, 0.4) is 0 Å². The van der Waals surface area contributed by atoms with E-state index in [2.05, 4.69) is 9.40 Å². The summed E-state index contributed by atoms with van der Waals surface area (Å²) in [5.41, 5.74) is 0.138. The average molecular weight is 260 g/mol. The smallest absolute Gasteiger partial charge is 0.335 e. The highest BCUT2D eigenvalue weighted by Crippen LogP contribution is 2.22. The van der Waals surface area contributed by atoms with Crippen LogP contribution in [0.4, 0.5) is 0 Å². The summed E-state index contributed by atoms with van der Waals surface area (Å²) in [6.07, 6.45) is 4.47. The Morgan fingerprint density at radius 1 is 1.31 bits per heavy atom. The highest BCUT2D eigenvalue weighted by molar-refractivity contribution is 6.42. The number of benzene rings is 1. The zero-order chi connectivity index (χ0) is 12.0. The van der Waals surface area contributed by atoms with Gasteiger partial charge in [-0.25, -0.2) is 9.78 Å². The minimum atomic E-state index is -1.01. The molecule has 0 amide bonds. The van der Waals surface area contributed by atoms with Crippen LogP contribution in [0, 0.1) is 0 Å². The van der Waals surface area contributed by atoms with Crippen molar-refractivity contribution in [3.63, 3.8) is 0 Å². The maximum absolute atomic E-state index is 10.4. The van der Waals surface area contributed by atoms with Crippen molar-refractivity contribution in [1.82, 2.24) is 4.98 Å². The number of aromatic carboxylic acids is 1. The SMILES string of the molecule is O=C(O)c1ccc(Cl)c(Cl)c1.c1cocn1. The second kappa shape index (κ2) is 6.15. The number of carbonyl (C=O) groups is 1. The Kier molecular flexibility index (Phi) is 4.82. The number of hydrogen-bond acceptors (Lipinski definition) is 3. The van der Waals surface area contributed by atoms with Crippen LogP contribution in [0.2, 0.25) is 10.0 Å². The molecule has 1 N–H and O–H groups in total. The van der Waals surface area contributed by atoms with Crippen LogP contribution in [-0.4, -0.2) is 16.1 Å². The van der Waals surface area contributed by atoms with Crippen LogP contribution >= 0.6 is 23.2 Å². The van der Waals surface area contributed by atoms with E-state index in [1.165, 1.54) is 30.9 Å². The van der Waals surface area contributed by atoms with Gasteiger partial charge >= 0.3 is 5.97 Å². The number of hydrogen-bond donors (Lipinski definition) is 1. The van der Waals surface area contributed by atoms with Crippen molar-refractivity contribution in [3.05, 3.63) is 52.7 Å². The standard InChI is InChI=1S/C7H4Cl2O2.C3H3NO/c8-5-2-1-4(7(10)11)3-6(5)9;1-2-5-3-4-1/h1-3H,(H,10,11);1-3H. The van der Waals surface area contributed by atoms with Crippen molar-refractivity contribution >= 4 is 29.2 Å². The number of aromatic nitrogens is 1. The normalized spacial score (nSPS) is 9.12. The fourth-order valence-corrected chi connectivity index (χ4v) is 1.10. The van der Waals surface area contributed by atoms with Crippen molar-refractivity contribution in [3.8, 4) is 0 Å². The van der Waals surface area contributed by atoms with E-state index in [4.69, 9.17) is 28.3 Å². The Labute approximate surface area is 101 Å². The Morgan fingerprint density at radius 3 is 2.44 bits per heavy atom. The number of nitrogens with zero attached hydrogens (tertiary/aromatic N) is 1. The summed E-state index contributed by atoms with van der Waals surface area (Å²) in [5, 5.41) is 9.11. The van der Waals surface area contributed by atoms with Gasteiger partial charge in [-0.1, -0.05) is 23.2 Å². The van der Waals surface area contributed by atoms with Crippen molar-refractivity contribution in [1.29, 1.82) is 0 Å². The van der Waals surface area contributed by atoms with E-state index in [-0.39, 0.29) is 10.6 Å². The summed E-state index contributed by atoms with van der Waals surface area (Å²) in [7, 11) is 0. The minimum absolute atomic E-state index is 0.138. The van der Waals surface area contributed by atoms with Gasteiger partial charge in [0.25, 0.3) is 0 Å². The molecule has 0 aliphatic carbocycles. The second-order valence-corrected chi connectivity index (χ2v) is 3.42. The second-order valence-electron chi connectivity index (χ2n) is 2.61. The zero-order valence-electron chi connectivity index (χ0n) is 7.93. The average Bonchev–Trinajstić information content (AvgIpc) is 2.80. The van der Waals surface area contributed by atoms with E-state index < -0.39 is 5.97 Å². The molecule has 0 unspecified atom stereocenters. The first-order valence-electron chi connectivity index (χ1n) is 4.11. The number of carboxylic acids is 1. The van der Waals surface area contributed by atoms with E-state index in [1.807, 2.05) is 0 Å². The fourth-order valence-electron chi connectivity index (χ4n) is 0.805. The van der Waals surface area contributed by atoms with E-state index in [0.29, 0.717) is 5.02 Å². The lowest BCUT2D eigenvalue weighted by atomic mass is 10.2. The largest absolute Gasteiger partial charge is 0.478 e. The van der Waals surface area contributed by atoms with E-state index >= 15 is 0 Å². The van der Waals surface area contributed by atoms with Crippen LogP contribution in [0.25, 0.3) is 0 Å². The first-order chi connectivity index (χ1) is 7.61. The monoisotopic (exact) mass is 259 g/mol. The quantitative estimate of drug-likeness (QED) is 0.853. The van der Waals surface area contributed by atoms with E-state index in [1.54, 1.807) is 6.20 Å². The molecule has 0 fully saturated rings. The molecule has 1 heterocycles. The van der Waals surface area contributed by atoms with Crippen LogP contribution in [0.15, 0.2) is 41.5 Å². The summed E-state index contributed by atoms with van der Waals surface area (Å²) in [5.74, 6) is -1.01. The summed E-state index contributed by atoms with van der Waals surface area (Å²) >= 11 is 11.1. The van der Waals surface area contributed by atoms with Crippen molar-refractivity contribution in [2.24, 2.45) is 0 Å². The van der Waals surface area contributed by atoms with Crippen molar-refractivity contribution < 1.29 is 14.3 Å². The van der Waals surface area contributed by atoms with Crippen LogP contribution in [0.1, 0.15) is 10.4 Å². The summed E-state index contributed by atoms with van der Waals surface area (Å²) < 4.78 is 4.47. The molecule has 0 radical (unpaired) electrons. The van der Waals surface area contributed by atoms with Gasteiger partial charge in [-0.05, 0) is 18.2 Å². The van der Waals surface area contributed by atoms with Gasteiger partial charge in [-0.2, -0.15) is 0 Å². The lowest BCUT2D eigenvalue weighted by Gasteiger charge is -1.96. The van der Waals surface area contributed by atoms with Gasteiger partial charge in [-0.3, -0.25) is 0 Å². The third kappa shape index (κ3) is 3.92. The molecule has 0 aliphatic rings. The number of halogens is 2. The van der Waals surface area contributed by atoms with E-state index in [9.17, 15) is 4.79 Å². The van der Waals surface area contributed by atoms with Crippen LogP contribution in [-0.2, 0) is 0 Å². The van der Waals surface area contributed by atoms with Crippen molar-refractivity contribution in [2.45, 2.75) is 0 Å². The molecule has 16 heavy (non-hydrogen) atoms. The topological polar surface area (TPSA) is 63.3 Å². The molecule has 0 saturated heterocycles. The van der Waals surface area contributed by atoms with Crippen molar-refractivity contribution in [2.75, 3.05) is 0 Å². The number of oxazole rings is 1. The Hall–Kier alpha value is -1.52. The lowest BCUT2D eigenvalue weighted by molar-refractivity contribution is 0.0697. The minimum Gasteiger partial charge on any atom is -0.478 e. The molecule has 84 valence electrons. The van der Waals surface area contributed by atoms with Gasteiger partial charge in [0.1, 0.15) is 6.26 Å². The number of rotatable bonds is 1. The van der Waals surface area contributed by atoms with Gasteiger partial charge < -0.3 is 9.52 Å². The van der Waals surface area contributed by atoms with Gasteiger partial charge in [0.15, 0.2) is 6.39 Å². The first-order valence-corrected chi connectivity index (χ1v) is 4.87. The Morgan fingerprint density at radius 2 is 2.06 bits per heavy atom. The molecule has 2 rings (SSSR count). The maximum Gasteiger partial charge on any atom is 0.335 e. The van der Waals surface area contributed by atoms with Gasteiger partial charge in [0, 0.05) is 0 Å². The molecular weight excluding hydrogens is 253 g/mol. The summed E-state index contributed by atoms with van der Waals surface area (Å²) in [4.78, 5) is 13.9. The molecule has 6 heteroatoms. The lowest BCUT2D eigenvalue weighted by Crippen LogP contribution is -1.94. The highest BCUT2D eigenvalue weighted by atomic mass is 35.5. The van der Waals surface area contributed by atoms with Gasteiger partial charge in [0.05, 0.1) is 21.8 Å². The molecule has 0 aliphatic heterocycles. The maximum atomic E-state index is 10.4. The highest BCUT2D eigenvalue weighted by Gasteiger charge is 2.04. The molecule has 4 nitrogen and oxygen atoms in total. The zero-order valence-corrected chi connectivity index (χ0v) is 9.44. The molecule has 0 saturated carbocycles. The third-order valence-electron chi connectivity index (χ3n) is 1.51. The predicted molar refractivity (Wildman–Crippen MR) is 59.9 cm³/mol. The molecule has 0 atom stereocenters. The summed E-state index contributed by atoms with van der Waals surface area (Å²) in [6.45, 7) is 0. The molecule has 1 aromatic carbocycles. The van der Waals surface area contributed by atoms with Gasteiger partial charge in [0.2, 0.25) is 0 Å². The molecular formula is C10H7Cl2NO3. The van der Waals surface area contributed by atoms with E-state index in [0.717, 1.165) is 0 Å². The van der Waals surface area contributed by atoms with Gasteiger partial charge in [-0.15, -0.1) is 0 Å². The molecule has 0 bridgehead atoms. The van der Waals surface area contributed by atoms with Crippen LogP contribution in [0.5, 0.6) is 0 Å². The van der Waals surface area contributed by atoms with Crippen LogP contribution < -0.4 is 0 Å². The first kappa shape index (κ1) is 12.5. The number of carboxylic acid groups (broad SMARTS) is 1. The molecule has 0 spiro atoms.